The van der Waals surface area contributed by atoms with Crippen LogP contribution in [-0.2, 0) is 25.5 Å². The van der Waals surface area contributed by atoms with E-state index in [4.69, 9.17) is 28.6 Å². The van der Waals surface area contributed by atoms with Crippen LogP contribution >= 0.6 is 23.8 Å². The Balaban J connectivity index is 1.95. The van der Waals surface area contributed by atoms with Crippen molar-refractivity contribution in [3.05, 3.63) is 34.9 Å². The molecular weight excluding hydrogens is 402 g/mol. The van der Waals surface area contributed by atoms with Crippen LogP contribution in [0.3, 0.4) is 0 Å². The smallest absolute Gasteiger partial charge is 0.308 e. The van der Waals surface area contributed by atoms with Crippen LogP contribution < -0.4 is 10.6 Å². The molecule has 1 aromatic rings. The number of rotatable bonds is 6. The first kappa shape index (κ1) is 22.1. The number of esters is 1. The van der Waals surface area contributed by atoms with Crippen molar-refractivity contribution in [1.29, 1.82) is 0 Å². The highest BCUT2D eigenvalue weighted by atomic mass is 35.5. The topological polar surface area (TPSA) is 87.7 Å². The lowest BCUT2D eigenvalue weighted by atomic mass is 10.1. The second-order valence-electron chi connectivity index (χ2n) is 6.94. The molecule has 0 bridgehead atoms. The summed E-state index contributed by atoms with van der Waals surface area (Å²) in [5.74, 6) is -0.897. The Labute approximate surface area is 174 Å². The molecule has 1 aliphatic rings. The van der Waals surface area contributed by atoms with Gasteiger partial charge in [-0.15, -0.1) is 0 Å². The summed E-state index contributed by atoms with van der Waals surface area (Å²) in [6, 6.07) is 6.11. The molecule has 0 aromatic heterocycles. The normalized spacial score (nSPS) is 16.5. The number of nitrogens with one attached hydrogen (secondary N) is 2. The van der Waals surface area contributed by atoms with E-state index in [1.807, 2.05) is 13.8 Å². The van der Waals surface area contributed by atoms with E-state index in [-0.39, 0.29) is 42.3 Å². The molecule has 1 aromatic carbocycles. The molecule has 1 heterocycles. The quantitative estimate of drug-likeness (QED) is 0.532. The second-order valence-corrected chi connectivity index (χ2v) is 7.76. The van der Waals surface area contributed by atoms with Crippen molar-refractivity contribution in [2.75, 3.05) is 19.7 Å². The van der Waals surface area contributed by atoms with Gasteiger partial charge in [0.2, 0.25) is 11.8 Å². The van der Waals surface area contributed by atoms with Gasteiger partial charge >= 0.3 is 5.97 Å². The fourth-order valence-electron chi connectivity index (χ4n) is 2.66. The summed E-state index contributed by atoms with van der Waals surface area (Å²) in [5.41, 5.74) is 0.787. The first-order chi connectivity index (χ1) is 13.3. The first-order valence-corrected chi connectivity index (χ1v) is 9.83. The highest BCUT2D eigenvalue weighted by molar-refractivity contribution is 7.80. The average Bonchev–Trinajstić information content (AvgIpc) is 2.63. The van der Waals surface area contributed by atoms with E-state index >= 15 is 0 Å². The van der Waals surface area contributed by atoms with Gasteiger partial charge in [-0.3, -0.25) is 14.4 Å². The molecular formula is C19H24ClN3O4S. The van der Waals surface area contributed by atoms with Crippen LogP contribution in [-0.4, -0.2) is 53.5 Å². The molecule has 28 heavy (non-hydrogen) atoms. The lowest BCUT2D eigenvalue weighted by Crippen LogP contribution is -2.60. The minimum absolute atomic E-state index is 0.121. The number of hydrogen-bond acceptors (Lipinski definition) is 5. The zero-order chi connectivity index (χ0) is 20.7. The number of hydrogen-bond donors (Lipinski definition) is 2. The Morgan fingerprint density at radius 2 is 2.04 bits per heavy atom. The van der Waals surface area contributed by atoms with Crippen molar-refractivity contribution >= 4 is 46.7 Å². The molecule has 1 fully saturated rings. The molecule has 2 N–H and O–H groups in total. The number of piperazine rings is 1. The fraction of sp³-hybridized carbons (Fsp3) is 0.474. The SMILES string of the molecule is CC(C)COC(=O)CC1C(=O)NCCN1C(=S)NC(=O)Cc1ccc(Cl)cc1. The highest BCUT2D eigenvalue weighted by Crippen LogP contribution is 2.12. The molecule has 7 nitrogen and oxygen atoms in total. The average molecular weight is 426 g/mol. The molecule has 9 heteroatoms. The molecule has 1 saturated heterocycles. The van der Waals surface area contributed by atoms with Crippen LogP contribution in [0.25, 0.3) is 0 Å². The molecule has 0 spiro atoms. The summed E-state index contributed by atoms with van der Waals surface area (Å²) in [4.78, 5) is 38.1. The van der Waals surface area contributed by atoms with E-state index in [1.165, 1.54) is 0 Å². The molecule has 0 saturated carbocycles. The monoisotopic (exact) mass is 425 g/mol. The molecule has 1 atom stereocenters. The van der Waals surface area contributed by atoms with E-state index in [1.54, 1.807) is 29.2 Å². The summed E-state index contributed by atoms with van der Waals surface area (Å²) in [6.45, 7) is 4.92. The lowest BCUT2D eigenvalue weighted by Gasteiger charge is -2.36. The van der Waals surface area contributed by atoms with Gasteiger partial charge in [0.25, 0.3) is 0 Å². The third-order valence-electron chi connectivity index (χ3n) is 4.05. The Bertz CT molecular complexity index is 739. The molecule has 2 rings (SSSR count). The molecule has 152 valence electrons. The molecule has 0 aliphatic carbocycles. The zero-order valence-electron chi connectivity index (χ0n) is 15.9. The van der Waals surface area contributed by atoms with Crippen molar-refractivity contribution in [3.8, 4) is 0 Å². The maximum Gasteiger partial charge on any atom is 0.308 e. The van der Waals surface area contributed by atoms with E-state index in [0.29, 0.717) is 18.1 Å². The molecule has 0 radical (unpaired) electrons. The molecule has 2 amide bonds. The van der Waals surface area contributed by atoms with E-state index in [0.717, 1.165) is 5.56 Å². The summed E-state index contributed by atoms with van der Waals surface area (Å²) < 4.78 is 5.17. The maximum atomic E-state index is 12.3. The van der Waals surface area contributed by atoms with Gasteiger partial charge in [-0.05, 0) is 35.8 Å². The Morgan fingerprint density at radius 3 is 2.68 bits per heavy atom. The van der Waals surface area contributed by atoms with Crippen LogP contribution in [0, 0.1) is 5.92 Å². The molecule has 1 unspecified atom stereocenters. The van der Waals surface area contributed by atoms with Gasteiger partial charge in [0.05, 0.1) is 19.4 Å². The number of ether oxygens (including phenoxy) is 1. The second kappa shape index (κ2) is 10.4. The largest absolute Gasteiger partial charge is 0.465 e. The Hall–Kier alpha value is -2.19. The predicted octanol–water partition coefficient (Wildman–Crippen LogP) is 1.67. The van der Waals surface area contributed by atoms with Gasteiger partial charge < -0.3 is 20.3 Å². The van der Waals surface area contributed by atoms with Crippen LogP contribution in [0.2, 0.25) is 5.02 Å². The van der Waals surface area contributed by atoms with Crippen LogP contribution in [0.1, 0.15) is 25.8 Å². The van der Waals surface area contributed by atoms with Crippen molar-refractivity contribution in [1.82, 2.24) is 15.5 Å². The highest BCUT2D eigenvalue weighted by Gasteiger charge is 2.34. The third-order valence-corrected chi connectivity index (χ3v) is 4.64. The number of amides is 2. The van der Waals surface area contributed by atoms with Crippen LogP contribution in [0.5, 0.6) is 0 Å². The first-order valence-electron chi connectivity index (χ1n) is 9.04. The van der Waals surface area contributed by atoms with Crippen LogP contribution in [0.15, 0.2) is 24.3 Å². The Morgan fingerprint density at radius 1 is 1.36 bits per heavy atom. The van der Waals surface area contributed by atoms with Gasteiger partial charge in [0.15, 0.2) is 5.11 Å². The number of carbonyl (C=O) groups is 3. The van der Waals surface area contributed by atoms with Crippen molar-refractivity contribution < 1.29 is 19.1 Å². The van der Waals surface area contributed by atoms with Crippen molar-refractivity contribution in [3.63, 3.8) is 0 Å². The number of nitrogens with zero attached hydrogens (tertiary/aromatic N) is 1. The third kappa shape index (κ3) is 6.76. The van der Waals surface area contributed by atoms with E-state index in [9.17, 15) is 14.4 Å². The number of carbonyl (C=O) groups excluding carboxylic acids is 3. The minimum Gasteiger partial charge on any atom is -0.465 e. The maximum absolute atomic E-state index is 12.3. The summed E-state index contributed by atoms with van der Waals surface area (Å²) in [5, 5.41) is 6.06. The summed E-state index contributed by atoms with van der Waals surface area (Å²) in [6.07, 6.45) is -0.00973. The van der Waals surface area contributed by atoms with E-state index < -0.39 is 12.0 Å². The minimum atomic E-state index is -0.809. The van der Waals surface area contributed by atoms with Gasteiger partial charge in [-0.25, -0.2) is 0 Å². The lowest BCUT2D eigenvalue weighted by molar-refractivity contribution is -0.148. The number of benzene rings is 1. The summed E-state index contributed by atoms with van der Waals surface area (Å²) in [7, 11) is 0. The number of thiocarbonyl (C=S) groups is 1. The number of halogens is 1. The fourth-order valence-corrected chi connectivity index (χ4v) is 3.12. The zero-order valence-corrected chi connectivity index (χ0v) is 17.4. The standard InChI is InChI=1S/C19H24ClN3O4S/c1-12(2)11-27-17(25)10-15-18(26)21-7-8-23(15)19(28)22-16(24)9-13-3-5-14(20)6-4-13/h3-6,12,15H,7-11H2,1-2H3,(H,21,26)(H,22,24,28). The van der Waals surface area contributed by atoms with Gasteiger partial charge in [-0.1, -0.05) is 37.6 Å². The summed E-state index contributed by atoms with van der Waals surface area (Å²) >= 11 is 11.2. The molecule has 1 aliphatic heterocycles. The van der Waals surface area contributed by atoms with Crippen LogP contribution in [0.4, 0.5) is 0 Å². The Kier molecular flexibility index (Phi) is 8.19. The predicted molar refractivity (Wildman–Crippen MR) is 110 cm³/mol. The van der Waals surface area contributed by atoms with Gasteiger partial charge in [-0.2, -0.15) is 0 Å². The van der Waals surface area contributed by atoms with Crippen molar-refractivity contribution in [2.45, 2.75) is 32.7 Å². The van der Waals surface area contributed by atoms with Crippen molar-refractivity contribution in [2.24, 2.45) is 5.92 Å². The van der Waals surface area contributed by atoms with Gasteiger partial charge in [0, 0.05) is 18.1 Å². The van der Waals surface area contributed by atoms with Gasteiger partial charge in [0.1, 0.15) is 6.04 Å². The van der Waals surface area contributed by atoms with E-state index in [2.05, 4.69) is 10.6 Å².